The average molecular weight is 444 g/mol. The van der Waals surface area contributed by atoms with Gasteiger partial charge in [-0.15, -0.1) is 5.10 Å². The number of fused-ring (bicyclic) bond motifs is 1. The highest BCUT2D eigenvalue weighted by Gasteiger charge is 2.31. The summed E-state index contributed by atoms with van der Waals surface area (Å²) in [6, 6.07) is 11.4. The lowest BCUT2D eigenvalue weighted by Gasteiger charge is -2.38. The lowest BCUT2D eigenvalue weighted by atomic mass is 10.0. The van der Waals surface area contributed by atoms with Gasteiger partial charge in [-0.3, -0.25) is 4.90 Å². The molecule has 4 heterocycles. The molecule has 30 heavy (non-hydrogen) atoms. The monoisotopic (exact) mass is 443 g/mol. The van der Waals surface area contributed by atoms with Gasteiger partial charge >= 0.3 is 0 Å². The highest BCUT2D eigenvalue weighted by molar-refractivity contribution is 7.17. The van der Waals surface area contributed by atoms with Crippen LogP contribution in [0.25, 0.3) is 16.5 Å². The van der Waals surface area contributed by atoms with Crippen LogP contribution in [-0.4, -0.2) is 62.2 Å². The predicted molar refractivity (Wildman–Crippen MR) is 117 cm³/mol. The Hall–Kier alpha value is -2.39. The van der Waals surface area contributed by atoms with Crippen molar-refractivity contribution in [1.29, 1.82) is 0 Å². The normalized spacial score (nSPS) is 17.0. The van der Waals surface area contributed by atoms with Crippen LogP contribution in [0.3, 0.4) is 0 Å². The van der Waals surface area contributed by atoms with Crippen molar-refractivity contribution < 1.29 is 9.52 Å². The van der Waals surface area contributed by atoms with E-state index in [-0.39, 0.29) is 11.9 Å². The number of nitrogens with zero attached hydrogens (tertiary/aromatic N) is 5. The summed E-state index contributed by atoms with van der Waals surface area (Å²) >= 11 is 7.59. The van der Waals surface area contributed by atoms with E-state index in [4.69, 9.17) is 16.0 Å². The molecular formula is C21H22ClN5O2S. The first kappa shape index (κ1) is 19.6. The van der Waals surface area contributed by atoms with E-state index in [0.29, 0.717) is 21.6 Å². The number of thiazole rings is 1. The number of likely N-dealkylation sites (N-methyl/N-ethyl adjacent to an activating group) is 1. The highest BCUT2D eigenvalue weighted by Crippen LogP contribution is 2.41. The van der Waals surface area contributed by atoms with E-state index in [2.05, 4.69) is 26.8 Å². The molecule has 0 bridgehead atoms. The molecule has 9 heteroatoms. The molecule has 1 aromatic carbocycles. The number of rotatable bonds is 5. The summed E-state index contributed by atoms with van der Waals surface area (Å²) in [7, 11) is 0. The number of hydrogen-bond donors (Lipinski definition) is 1. The minimum Gasteiger partial charge on any atom is -0.492 e. The number of furan rings is 1. The quantitative estimate of drug-likeness (QED) is 0.500. The summed E-state index contributed by atoms with van der Waals surface area (Å²) in [5, 5.41) is 16.3. The molecule has 0 aliphatic carbocycles. The van der Waals surface area contributed by atoms with Crippen molar-refractivity contribution in [1.82, 2.24) is 24.4 Å². The Morgan fingerprint density at radius 2 is 1.93 bits per heavy atom. The van der Waals surface area contributed by atoms with E-state index in [1.807, 2.05) is 24.3 Å². The molecule has 4 aromatic rings. The van der Waals surface area contributed by atoms with Crippen molar-refractivity contribution in [2.45, 2.75) is 13.0 Å². The van der Waals surface area contributed by atoms with Gasteiger partial charge in [-0.2, -0.15) is 9.50 Å². The minimum atomic E-state index is -0.0816. The maximum Gasteiger partial charge on any atom is 0.230 e. The zero-order valence-electron chi connectivity index (χ0n) is 16.5. The molecule has 1 fully saturated rings. The average Bonchev–Trinajstić information content (AvgIpc) is 3.49. The third kappa shape index (κ3) is 3.50. The van der Waals surface area contributed by atoms with Gasteiger partial charge in [-0.1, -0.05) is 42.0 Å². The fourth-order valence-corrected chi connectivity index (χ4v) is 5.19. The zero-order valence-corrected chi connectivity index (χ0v) is 18.1. The number of hydrogen-bond acceptors (Lipinski definition) is 7. The third-order valence-electron chi connectivity index (χ3n) is 5.59. The van der Waals surface area contributed by atoms with E-state index in [9.17, 15) is 5.11 Å². The Bertz CT molecular complexity index is 1130. The topological polar surface area (TPSA) is 70.0 Å². The van der Waals surface area contributed by atoms with Gasteiger partial charge in [0.25, 0.3) is 0 Å². The fraction of sp³-hybridized carbons (Fsp3) is 0.333. The fourth-order valence-electron chi connectivity index (χ4n) is 3.95. The van der Waals surface area contributed by atoms with Crippen molar-refractivity contribution in [2.75, 3.05) is 32.7 Å². The van der Waals surface area contributed by atoms with Gasteiger partial charge in [0.05, 0.1) is 17.2 Å². The lowest BCUT2D eigenvalue weighted by molar-refractivity contribution is 0.113. The number of aromatic nitrogens is 3. The van der Waals surface area contributed by atoms with Crippen LogP contribution >= 0.6 is 22.9 Å². The molecule has 1 aliphatic rings. The van der Waals surface area contributed by atoms with Crippen LogP contribution in [0.5, 0.6) is 5.88 Å². The first-order valence-electron chi connectivity index (χ1n) is 9.98. The van der Waals surface area contributed by atoms with E-state index < -0.39 is 0 Å². The van der Waals surface area contributed by atoms with E-state index >= 15 is 0 Å². The van der Waals surface area contributed by atoms with Gasteiger partial charge in [0, 0.05) is 31.2 Å². The Kier molecular flexibility index (Phi) is 5.24. The SMILES string of the molecule is CCN1CCN(C(c2ccc(Cl)cc2)c2sc3nc(-c4ccco4)nn3c2O)CC1. The first-order chi connectivity index (χ1) is 14.6. The summed E-state index contributed by atoms with van der Waals surface area (Å²) in [4.78, 5) is 10.9. The first-order valence-corrected chi connectivity index (χ1v) is 11.2. The van der Waals surface area contributed by atoms with Crippen molar-refractivity contribution in [2.24, 2.45) is 0 Å². The summed E-state index contributed by atoms with van der Waals surface area (Å²) in [5.41, 5.74) is 1.09. The van der Waals surface area contributed by atoms with E-state index in [1.54, 1.807) is 18.4 Å². The van der Waals surface area contributed by atoms with Crippen molar-refractivity contribution >= 4 is 27.9 Å². The molecule has 0 spiro atoms. The second-order valence-corrected chi connectivity index (χ2v) is 8.77. The molecule has 156 valence electrons. The van der Waals surface area contributed by atoms with Gasteiger partial charge in [-0.05, 0) is 36.4 Å². The smallest absolute Gasteiger partial charge is 0.230 e. The molecule has 5 rings (SSSR count). The molecule has 0 amide bonds. The van der Waals surface area contributed by atoms with Crippen LogP contribution < -0.4 is 0 Å². The van der Waals surface area contributed by atoms with Crippen LogP contribution in [0.1, 0.15) is 23.4 Å². The Labute approximate surface area is 183 Å². The molecule has 0 radical (unpaired) electrons. The van der Waals surface area contributed by atoms with Crippen LogP contribution in [-0.2, 0) is 0 Å². The van der Waals surface area contributed by atoms with Gasteiger partial charge in [0.2, 0.25) is 16.7 Å². The molecule has 1 atom stereocenters. The molecule has 7 nitrogen and oxygen atoms in total. The predicted octanol–water partition coefficient (Wildman–Crippen LogP) is 4.14. The van der Waals surface area contributed by atoms with Crippen LogP contribution in [0.4, 0.5) is 0 Å². The number of benzene rings is 1. The number of piperazine rings is 1. The highest BCUT2D eigenvalue weighted by atomic mass is 35.5. The maximum absolute atomic E-state index is 11.1. The van der Waals surface area contributed by atoms with Crippen LogP contribution in [0, 0.1) is 0 Å². The maximum atomic E-state index is 11.1. The number of halogens is 1. The summed E-state index contributed by atoms with van der Waals surface area (Å²) in [5.74, 6) is 1.17. The van der Waals surface area contributed by atoms with Gasteiger partial charge < -0.3 is 14.4 Å². The molecular weight excluding hydrogens is 422 g/mol. The van der Waals surface area contributed by atoms with Gasteiger partial charge in [0.1, 0.15) is 0 Å². The Balaban J connectivity index is 1.55. The third-order valence-corrected chi connectivity index (χ3v) is 6.92. The summed E-state index contributed by atoms with van der Waals surface area (Å²) < 4.78 is 6.89. The summed E-state index contributed by atoms with van der Waals surface area (Å²) in [6.45, 7) is 7.10. The van der Waals surface area contributed by atoms with E-state index in [0.717, 1.165) is 43.2 Å². The second-order valence-electron chi connectivity index (χ2n) is 7.32. The molecule has 1 saturated heterocycles. The Morgan fingerprint density at radius 1 is 1.17 bits per heavy atom. The number of aromatic hydroxyl groups is 1. The van der Waals surface area contributed by atoms with Crippen molar-refractivity contribution in [3.63, 3.8) is 0 Å². The van der Waals surface area contributed by atoms with Crippen LogP contribution in [0.2, 0.25) is 5.02 Å². The second kappa shape index (κ2) is 8.03. The Morgan fingerprint density at radius 3 is 2.57 bits per heavy atom. The van der Waals surface area contributed by atoms with Crippen molar-refractivity contribution in [3.05, 3.63) is 58.1 Å². The van der Waals surface area contributed by atoms with Gasteiger partial charge in [0.15, 0.2) is 5.76 Å². The van der Waals surface area contributed by atoms with Crippen LogP contribution in [0.15, 0.2) is 47.1 Å². The zero-order chi connectivity index (χ0) is 20.7. The molecule has 1 N–H and O–H groups in total. The summed E-state index contributed by atoms with van der Waals surface area (Å²) in [6.07, 6.45) is 1.59. The molecule has 1 aliphatic heterocycles. The minimum absolute atomic E-state index is 0.0816. The standard InChI is InChI=1S/C21H22ClN5O2S/c1-2-25-9-11-26(12-10-25)17(14-5-7-15(22)8-6-14)18-20(28)27-21(30-18)23-19(24-27)16-4-3-13-29-16/h3-8,13,17,28H,2,9-12H2,1H3. The van der Waals surface area contributed by atoms with Crippen molar-refractivity contribution in [3.8, 4) is 17.5 Å². The molecule has 3 aromatic heterocycles. The largest absolute Gasteiger partial charge is 0.492 e. The lowest BCUT2D eigenvalue weighted by Crippen LogP contribution is -2.47. The van der Waals surface area contributed by atoms with Gasteiger partial charge in [-0.25, -0.2) is 0 Å². The molecule has 0 saturated carbocycles. The molecule has 1 unspecified atom stereocenters. The van der Waals surface area contributed by atoms with E-state index in [1.165, 1.54) is 15.9 Å².